The van der Waals surface area contributed by atoms with Gasteiger partial charge >= 0.3 is 0 Å². The summed E-state index contributed by atoms with van der Waals surface area (Å²) in [6.45, 7) is 0.851. The Bertz CT molecular complexity index is 216. The van der Waals surface area contributed by atoms with E-state index in [4.69, 9.17) is 0 Å². The van der Waals surface area contributed by atoms with Gasteiger partial charge in [-0.2, -0.15) is 0 Å². The number of nitrogens with zero attached hydrogens (tertiary/aromatic N) is 1. The molecule has 1 heterocycles. The molecule has 0 atom stereocenters. The van der Waals surface area contributed by atoms with Crippen molar-refractivity contribution in [2.24, 2.45) is 0 Å². The molecule has 1 rings (SSSR count). The molecule has 0 radical (unpaired) electrons. The standard InChI is InChI=1S/C8H9NO2.ClH/c10-7-11-6-4-8-3-1-2-5-9-8;/h1-3,5,7H,4,6H2;1H. The van der Waals surface area contributed by atoms with Gasteiger partial charge in [-0.3, -0.25) is 9.78 Å². The maximum atomic E-state index is 9.75. The molecule has 0 fully saturated rings. The minimum Gasteiger partial charge on any atom is -0.467 e. The average molecular weight is 188 g/mol. The van der Waals surface area contributed by atoms with E-state index in [0.29, 0.717) is 19.5 Å². The van der Waals surface area contributed by atoms with E-state index in [1.54, 1.807) is 6.20 Å². The summed E-state index contributed by atoms with van der Waals surface area (Å²) in [5, 5.41) is 0. The summed E-state index contributed by atoms with van der Waals surface area (Å²) in [5.74, 6) is 0. The zero-order valence-corrected chi connectivity index (χ0v) is 7.29. The molecule has 0 aliphatic rings. The molecule has 0 saturated carbocycles. The Hall–Kier alpha value is -1.09. The number of hydrogen-bond donors (Lipinski definition) is 0. The van der Waals surface area contributed by atoms with Gasteiger partial charge in [-0.05, 0) is 12.1 Å². The van der Waals surface area contributed by atoms with E-state index in [1.807, 2.05) is 18.2 Å². The molecule has 0 spiro atoms. The molecular weight excluding hydrogens is 178 g/mol. The molecule has 0 N–H and O–H groups in total. The number of rotatable bonds is 4. The predicted molar refractivity (Wildman–Crippen MR) is 47.2 cm³/mol. The summed E-state index contributed by atoms with van der Waals surface area (Å²) in [4.78, 5) is 13.8. The molecule has 1 aromatic rings. The second kappa shape index (κ2) is 6.61. The fraction of sp³-hybridized carbons (Fsp3) is 0.250. The second-order valence-corrected chi connectivity index (χ2v) is 2.04. The van der Waals surface area contributed by atoms with Crippen LogP contribution in [0.2, 0.25) is 0 Å². The number of ether oxygens (including phenoxy) is 1. The molecule has 0 aliphatic carbocycles. The van der Waals surface area contributed by atoms with Gasteiger partial charge in [0.25, 0.3) is 6.47 Å². The highest BCUT2D eigenvalue weighted by Gasteiger charge is 1.90. The van der Waals surface area contributed by atoms with Crippen LogP contribution >= 0.6 is 12.4 Å². The van der Waals surface area contributed by atoms with Gasteiger partial charge in [0.15, 0.2) is 0 Å². The lowest BCUT2D eigenvalue weighted by Crippen LogP contribution is -1.97. The Balaban J connectivity index is 0.00000121. The van der Waals surface area contributed by atoms with E-state index in [-0.39, 0.29) is 12.4 Å². The SMILES string of the molecule is Cl.O=COCCc1ccccn1. The topological polar surface area (TPSA) is 39.2 Å². The van der Waals surface area contributed by atoms with Gasteiger partial charge < -0.3 is 4.74 Å². The molecule has 1 aromatic heterocycles. The van der Waals surface area contributed by atoms with Crippen LogP contribution in [0.5, 0.6) is 0 Å². The minimum atomic E-state index is 0. The van der Waals surface area contributed by atoms with Crippen molar-refractivity contribution < 1.29 is 9.53 Å². The number of pyridine rings is 1. The third-order valence-electron chi connectivity index (χ3n) is 1.27. The zero-order valence-electron chi connectivity index (χ0n) is 6.47. The van der Waals surface area contributed by atoms with Crippen LogP contribution in [0.4, 0.5) is 0 Å². The van der Waals surface area contributed by atoms with Crippen LogP contribution in [0, 0.1) is 0 Å². The Morgan fingerprint density at radius 1 is 1.50 bits per heavy atom. The van der Waals surface area contributed by atoms with Gasteiger partial charge in [-0.1, -0.05) is 6.07 Å². The fourth-order valence-corrected chi connectivity index (χ4v) is 0.758. The van der Waals surface area contributed by atoms with Crippen LogP contribution in [-0.4, -0.2) is 18.1 Å². The molecule has 0 bridgehead atoms. The summed E-state index contributed by atoms with van der Waals surface area (Å²) in [6.07, 6.45) is 2.40. The van der Waals surface area contributed by atoms with E-state index < -0.39 is 0 Å². The molecule has 0 saturated heterocycles. The quantitative estimate of drug-likeness (QED) is 0.526. The van der Waals surface area contributed by atoms with Gasteiger partial charge in [-0.25, -0.2) is 0 Å². The Kier molecular flexibility index (Phi) is 6.01. The lowest BCUT2D eigenvalue weighted by atomic mass is 10.3. The van der Waals surface area contributed by atoms with E-state index in [9.17, 15) is 4.79 Å². The molecule has 0 aliphatic heterocycles. The first-order chi connectivity index (χ1) is 5.43. The van der Waals surface area contributed by atoms with Crippen molar-refractivity contribution in [3.63, 3.8) is 0 Å². The van der Waals surface area contributed by atoms with Crippen molar-refractivity contribution in [2.45, 2.75) is 6.42 Å². The monoisotopic (exact) mass is 187 g/mol. The minimum absolute atomic E-state index is 0. The van der Waals surface area contributed by atoms with Crippen molar-refractivity contribution in [3.8, 4) is 0 Å². The highest BCUT2D eigenvalue weighted by atomic mass is 35.5. The van der Waals surface area contributed by atoms with Crippen molar-refractivity contribution in [1.82, 2.24) is 4.98 Å². The number of halogens is 1. The Morgan fingerprint density at radius 2 is 2.33 bits per heavy atom. The fourth-order valence-electron chi connectivity index (χ4n) is 0.758. The van der Waals surface area contributed by atoms with Gasteiger partial charge in [0, 0.05) is 18.3 Å². The summed E-state index contributed by atoms with van der Waals surface area (Å²) < 4.78 is 4.52. The molecule has 0 amide bonds. The summed E-state index contributed by atoms with van der Waals surface area (Å²) in [5.41, 5.74) is 0.939. The van der Waals surface area contributed by atoms with Gasteiger partial charge in [0.05, 0.1) is 6.61 Å². The van der Waals surface area contributed by atoms with Crippen LogP contribution < -0.4 is 0 Å². The van der Waals surface area contributed by atoms with Crippen LogP contribution in [0.1, 0.15) is 5.69 Å². The van der Waals surface area contributed by atoms with E-state index in [0.717, 1.165) is 5.69 Å². The van der Waals surface area contributed by atoms with Crippen molar-refractivity contribution in [2.75, 3.05) is 6.61 Å². The highest BCUT2D eigenvalue weighted by molar-refractivity contribution is 5.85. The first kappa shape index (κ1) is 10.9. The zero-order chi connectivity index (χ0) is 7.94. The van der Waals surface area contributed by atoms with E-state index in [2.05, 4.69) is 9.72 Å². The lowest BCUT2D eigenvalue weighted by Gasteiger charge is -1.96. The lowest BCUT2D eigenvalue weighted by molar-refractivity contribution is -0.128. The largest absolute Gasteiger partial charge is 0.467 e. The molecule has 66 valence electrons. The molecule has 12 heavy (non-hydrogen) atoms. The highest BCUT2D eigenvalue weighted by Crippen LogP contribution is 1.93. The molecule has 0 unspecified atom stereocenters. The molecular formula is C8H10ClNO2. The van der Waals surface area contributed by atoms with Crippen molar-refractivity contribution in [3.05, 3.63) is 30.1 Å². The molecule has 3 nitrogen and oxygen atoms in total. The third kappa shape index (κ3) is 3.93. The van der Waals surface area contributed by atoms with Crippen molar-refractivity contribution in [1.29, 1.82) is 0 Å². The van der Waals surface area contributed by atoms with Gasteiger partial charge in [-0.15, -0.1) is 12.4 Å². The summed E-state index contributed by atoms with van der Waals surface area (Å²) in [7, 11) is 0. The third-order valence-corrected chi connectivity index (χ3v) is 1.27. The smallest absolute Gasteiger partial charge is 0.293 e. The van der Waals surface area contributed by atoms with Crippen LogP contribution in [0.15, 0.2) is 24.4 Å². The van der Waals surface area contributed by atoms with Gasteiger partial charge in [0.2, 0.25) is 0 Å². The number of carbonyl (C=O) groups is 1. The number of carbonyl (C=O) groups excluding carboxylic acids is 1. The van der Waals surface area contributed by atoms with E-state index in [1.165, 1.54) is 0 Å². The number of hydrogen-bond acceptors (Lipinski definition) is 3. The first-order valence-electron chi connectivity index (χ1n) is 3.38. The van der Waals surface area contributed by atoms with E-state index >= 15 is 0 Å². The summed E-state index contributed by atoms with van der Waals surface area (Å²) in [6, 6.07) is 5.65. The van der Waals surface area contributed by atoms with Crippen LogP contribution in [-0.2, 0) is 16.0 Å². The predicted octanol–water partition coefficient (Wildman–Crippen LogP) is 1.22. The summed E-state index contributed by atoms with van der Waals surface area (Å²) >= 11 is 0. The maximum absolute atomic E-state index is 9.75. The maximum Gasteiger partial charge on any atom is 0.293 e. The normalized spacial score (nSPS) is 8.33. The second-order valence-electron chi connectivity index (χ2n) is 2.04. The van der Waals surface area contributed by atoms with Crippen LogP contribution in [0.25, 0.3) is 0 Å². The Labute approximate surface area is 77.2 Å². The average Bonchev–Trinajstić information content (AvgIpc) is 2.07. The first-order valence-corrected chi connectivity index (χ1v) is 3.38. The van der Waals surface area contributed by atoms with Crippen molar-refractivity contribution >= 4 is 18.9 Å². The Morgan fingerprint density at radius 3 is 2.92 bits per heavy atom. The molecule has 0 aromatic carbocycles. The van der Waals surface area contributed by atoms with Crippen LogP contribution in [0.3, 0.4) is 0 Å². The molecule has 4 heteroatoms. The van der Waals surface area contributed by atoms with Gasteiger partial charge in [0.1, 0.15) is 0 Å². The number of aromatic nitrogens is 1.